The third-order valence-corrected chi connectivity index (χ3v) is 0.741. The van der Waals surface area contributed by atoms with Gasteiger partial charge in [-0.05, 0) is 13.8 Å². The molecular weight excluding hydrogens is 124 g/mol. The maximum Gasteiger partial charge on any atom is 0.335 e. The fraction of sp³-hybridized carbons (Fsp3) is 0.800. The summed E-state index contributed by atoms with van der Waals surface area (Å²) in [6.07, 6.45) is -2.59. The zero-order valence-electron chi connectivity index (χ0n) is 8.17. The van der Waals surface area contributed by atoms with Crippen LogP contribution in [0.1, 0.15) is 15.2 Å². The molecule has 0 aromatic rings. The maximum atomic E-state index is 10.5. The lowest BCUT2D eigenvalue weighted by Crippen LogP contribution is -2.41. The normalized spacial score (nSPS) is 23.1. The molecule has 54 valence electrons. The number of carboxylic acid groups (broad SMARTS) is 1. The summed E-state index contributed by atoms with van der Waals surface area (Å²) in [5.41, 5.74) is -1.71. The largest absolute Gasteiger partial charge is 0.479 e. The second-order valence-corrected chi connectivity index (χ2v) is 2.14. The van der Waals surface area contributed by atoms with E-state index in [1.807, 2.05) is 0 Å². The first-order valence-electron chi connectivity index (χ1n) is 3.65. The van der Waals surface area contributed by atoms with Gasteiger partial charge in [0.2, 0.25) is 2.86 Å². The summed E-state index contributed by atoms with van der Waals surface area (Å²) in [5, 5.41) is 16.2. The number of carboxylic acids is 1. The number of aliphatic hydroxyl groups is 2. The monoisotopic (exact) mass is 137 g/mol. The fourth-order valence-corrected chi connectivity index (χ4v) is 0.258. The van der Waals surface area contributed by atoms with E-state index in [0.29, 0.717) is 0 Å². The second kappa shape index (κ2) is 2.33. The highest BCUT2D eigenvalue weighted by atomic mass is 16.4. The summed E-state index contributed by atoms with van der Waals surface area (Å²) in [7, 11) is 0. The molecule has 0 aliphatic heterocycles. The van der Waals surface area contributed by atoms with Gasteiger partial charge in [0.05, 0.1) is 6.97 Å². The van der Waals surface area contributed by atoms with E-state index < -0.39 is 17.7 Å². The minimum absolute atomic E-state index is 1.18. The van der Waals surface area contributed by atoms with Crippen molar-refractivity contribution in [3.63, 3.8) is 0 Å². The zero-order chi connectivity index (χ0) is 9.99. The molecule has 0 aliphatic carbocycles. The smallest absolute Gasteiger partial charge is 0.335 e. The van der Waals surface area contributed by atoms with Gasteiger partial charge >= 0.3 is 5.97 Å². The first-order valence-corrected chi connectivity index (χ1v) is 2.34. The summed E-state index contributed by atoms with van der Waals surface area (Å²) < 4.78 is 20.1. The van der Waals surface area contributed by atoms with Crippen LogP contribution in [0.4, 0.5) is 0 Å². The van der Waals surface area contributed by atoms with E-state index in [0.717, 1.165) is 0 Å². The summed E-state index contributed by atoms with van der Waals surface area (Å²) in [5.74, 6) is -1.67. The van der Waals surface area contributed by atoms with Gasteiger partial charge < -0.3 is 15.3 Å². The van der Waals surface area contributed by atoms with Crippen LogP contribution in [0, 0.1) is 0 Å². The molecule has 0 saturated carbocycles. The average molecular weight is 137 g/mol. The Morgan fingerprint density at radius 3 is 2.56 bits per heavy atom. The topological polar surface area (TPSA) is 77.8 Å². The Bertz CT molecular complexity index is 184. The van der Waals surface area contributed by atoms with E-state index >= 15 is 0 Å². The summed E-state index contributed by atoms with van der Waals surface area (Å²) in [6, 6.07) is 0. The van der Waals surface area contributed by atoms with E-state index in [9.17, 15) is 4.79 Å². The van der Waals surface area contributed by atoms with Gasteiger partial charge in [-0.2, -0.15) is 0 Å². The lowest BCUT2D eigenvalue weighted by Gasteiger charge is -2.19. The summed E-state index contributed by atoms with van der Waals surface area (Å²) in [6.45, 7) is 2.35. The Balaban J connectivity index is 4.87. The first kappa shape index (κ1) is 4.24. The molecule has 1 atom stereocenters. The number of carbonyl (C=O) groups is 1. The van der Waals surface area contributed by atoms with Crippen LogP contribution in [-0.4, -0.2) is 35.8 Å². The third-order valence-electron chi connectivity index (χ3n) is 0.741. The van der Waals surface area contributed by atoms with Crippen molar-refractivity contribution in [1.82, 2.24) is 0 Å². The lowest BCUT2D eigenvalue weighted by molar-refractivity contribution is -0.159. The van der Waals surface area contributed by atoms with E-state index in [2.05, 4.69) is 10.2 Å². The molecule has 0 rings (SSSR count). The molecule has 0 heterocycles. The molecule has 0 amide bonds. The number of hydrogen-bond acceptors (Lipinski definition) is 3. The molecule has 0 aromatic heterocycles. The SMILES string of the molecule is [2H]OC(C)(C)[C@@]([2H])(O[2H])C(=O)O. The minimum atomic E-state index is -2.59. The quantitative estimate of drug-likeness (QED) is 0.474. The van der Waals surface area contributed by atoms with Gasteiger partial charge in [0, 0.05) is 0 Å². The van der Waals surface area contributed by atoms with E-state index in [1.54, 1.807) is 0 Å². The maximum absolute atomic E-state index is 10.5. The molecule has 4 heteroatoms. The summed E-state index contributed by atoms with van der Waals surface area (Å²) >= 11 is 0. The standard InChI is InChI=1S/C5H10O4/c1-5(2,9)3(6)4(7)8/h3,6,9H,1-2H3,(H,7,8)/t3-/m0/s1/i3D,6D,9D. The summed E-state index contributed by atoms with van der Waals surface area (Å²) in [4.78, 5) is 10.5. The molecule has 4 nitrogen and oxygen atoms in total. The van der Waals surface area contributed by atoms with Crippen molar-refractivity contribution in [3.05, 3.63) is 0 Å². The molecule has 9 heavy (non-hydrogen) atoms. The fourth-order valence-electron chi connectivity index (χ4n) is 0.258. The molecule has 0 bridgehead atoms. The molecule has 0 fully saturated rings. The molecule has 0 radical (unpaired) electrons. The highest BCUT2D eigenvalue weighted by molar-refractivity contribution is 5.73. The number of rotatable bonds is 4. The average Bonchev–Trinajstić information content (AvgIpc) is 2.02. The lowest BCUT2D eigenvalue weighted by atomic mass is 10.0. The zero-order valence-corrected chi connectivity index (χ0v) is 5.17. The second-order valence-electron chi connectivity index (χ2n) is 2.14. The van der Waals surface area contributed by atoms with Crippen LogP contribution in [0.2, 0.25) is 0 Å². The first-order chi connectivity index (χ1) is 5.31. The molecule has 0 saturated heterocycles. The molecule has 3 N–H and O–H groups in total. The number of aliphatic carboxylic acids is 1. The van der Waals surface area contributed by atoms with Crippen LogP contribution in [0.15, 0.2) is 0 Å². The molecule has 0 aromatic carbocycles. The Morgan fingerprint density at radius 2 is 2.44 bits per heavy atom. The van der Waals surface area contributed by atoms with Gasteiger partial charge in [-0.25, -0.2) is 4.79 Å². The van der Waals surface area contributed by atoms with Crippen molar-refractivity contribution in [3.8, 4) is 0 Å². The van der Waals surface area contributed by atoms with Gasteiger partial charge in [-0.1, -0.05) is 0 Å². The molecule has 0 spiro atoms. The van der Waals surface area contributed by atoms with Crippen molar-refractivity contribution in [1.29, 1.82) is 2.86 Å². The Labute approximate surface area is 57.1 Å². The number of hydrogen-bond donors (Lipinski definition) is 3. The highest BCUT2D eigenvalue weighted by Crippen LogP contribution is 2.07. The van der Waals surface area contributed by atoms with Crippen molar-refractivity contribution in [2.45, 2.75) is 25.5 Å². The predicted octanol–water partition coefficient (Wildman–Crippen LogP) is -0.797. The van der Waals surface area contributed by atoms with Gasteiger partial charge in [-0.15, -0.1) is 0 Å². The minimum Gasteiger partial charge on any atom is -0.479 e. The molecule has 0 unspecified atom stereocenters. The van der Waals surface area contributed by atoms with Crippen molar-refractivity contribution in [2.75, 3.05) is 0 Å². The third kappa shape index (κ3) is 2.43. The van der Waals surface area contributed by atoms with Crippen LogP contribution >= 0.6 is 0 Å². The van der Waals surface area contributed by atoms with Crippen LogP contribution in [0.5, 0.6) is 0 Å². The van der Waals surface area contributed by atoms with Gasteiger partial charge in [0.25, 0.3) is 0 Å². The van der Waals surface area contributed by atoms with Crippen molar-refractivity contribution in [2.24, 2.45) is 0 Å². The van der Waals surface area contributed by atoms with Gasteiger partial charge in [-0.3, -0.25) is 0 Å². The van der Waals surface area contributed by atoms with Crippen LogP contribution in [-0.2, 0) is 4.79 Å². The van der Waals surface area contributed by atoms with E-state index in [1.165, 1.54) is 13.8 Å². The van der Waals surface area contributed by atoms with Crippen molar-refractivity contribution < 1.29 is 21.5 Å². The van der Waals surface area contributed by atoms with Gasteiger partial charge in [0.1, 0.15) is 0 Å². The molecular formula is C5H10O4. The van der Waals surface area contributed by atoms with Crippen molar-refractivity contribution >= 4 is 5.97 Å². The van der Waals surface area contributed by atoms with E-state index in [-0.39, 0.29) is 0 Å². The van der Waals surface area contributed by atoms with Crippen LogP contribution in [0.3, 0.4) is 0 Å². The van der Waals surface area contributed by atoms with E-state index in [4.69, 9.17) is 9.34 Å². The Morgan fingerprint density at radius 1 is 1.89 bits per heavy atom. The van der Waals surface area contributed by atoms with Gasteiger partial charge in [0.15, 0.2) is 6.08 Å². The molecule has 0 aliphatic rings. The predicted molar refractivity (Wildman–Crippen MR) is 29.9 cm³/mol. The highest BCUT2D eigenvalue weighted by Gasteiger charge is 2.30. The Hall–Kier alpha value is -0.610. The van der Waals surface area contributed by atoms with Crippen LogP contribution < -0.4 is 0 Å². The Kier molecular flexibility index (Phi) is 1.10. The van der Waals surface area contributed by atoms with Crippen LogP contribution in [0.25, 0.3) is 0 Å².